The number of unbranched alkanes of at least 4 members (excludes halogenated alkanes) is 3. The highest BCUT2D eigenvalue weighted by molar-refractivity contribution is 5.69. The van der Waals surface area contributed by atoms with Crippen molar-refractivity contribution in [2.75, 3.05) is 7.11 Å². The SMILES string of the molecule is CCCCC[C@@H](/C=C/[C@@H]1[C@@H](C/C=C\CCCC(=O)OC)[C@@H](OC(C)=O)C[C@H]1OC(C)=O)OC(C)=O. The van der Waals surface area contributed by atoms with E-state index in [0.29, 0.717) is 32.1 Å². The van der Waals surface area contributed by atoms with Crippen LogP contribution in [0.15, 0.2) is 24.3 Å². The van der Waals surface area contributed by atoms with E-state index in [-0.39, 0.29) is 35.8 Å². The maximum atomic E-state index is 11.8. The van der Waals surface area contributed by atoms with Crippen molar-refractivity contribution in [3.05, 3.63) is 24.3 Å². The van der Waals surface area contributed by atoms with Gasteiger partial charge in [0.2, 0.25) is 0 Å². The van der Waals surface area contributed by atoms with Gasteiger partial charge in [0.1, 0.15) is 18.3 Å². The Bertz CT molecular complexity index is 741. The summed E-state index contributed by atoms with van der Waals surface area (Å²) in [5.74, 6) is -1.67. The van der Waals surface area contributed by atoms with Crippen LogP contribution in [0.2, 0.25) is 0 Å². The van der Waals surface area contributed by atoms with E-state index in [2.05, 4.69) is 11.7 Å². The molecule has 8 heteroatoms. The molecule has 8 nitrogen and oxygen atoms in total. The molecule has 1 aliphatic rings. The summed E-state index contributed by atoms with van der Waals surface area (Å²) in [7, 11) is 1.37. The first-order valence-corrected chi connectivity index (χ1v) is 12.6. The van der Waals surface area contributed by atoms with Crippen molar-refractivity contribution in [3.8, 4) is 0 Å². The van der Waals surface area contributed by atoms with Gasteiger partial charge in [0.05, 0.1) is 7.11 Å². The molecule has 0 radical (unpaired) electrons. The zero-order valence-corrected chi connectivity index (χ0v) is 21.8. The van der Waals surface area contributed by atoms with Gasteiger partial charge in [-0.2, -0.15) is 0 Å². The zero-order valence-electron chi connectivity index (χ0n) is 21.8. The first-order valence-electron chi connectivity index (χ1n) is 12.6. The van der Waals surface area contributed by atoms with Crippen molar-refractivity contribution in [1.82, 2.24) is 0 Å². The van der Waals surface area contributed by atoms with Crippen molar-refractivity contribution in [3.63, 3.8) is 0 Å². The topological polar surface area (TPSA) is 105 Å². The Morgan fingerprint density at radius 3 is 2.20 bits per heavy atom. The van der Waals surface area contributed by atoms with E-state index in [1.54, 1.807) is 0 Å². The van der Waals surface area contributed by atoms with Crippen LogP contribution < -0.4 is 0 Å². The molecule has 0 aliphatic heterocycles. The number of ether oxygens (including phenoxy) is 4. The molecule has 198 valence electrons. The Labute approximate surface area is 209 Å². The average molecular weight is 495 g/mol. The third kappa shape index (κ3) is 12.6. The summed E-state index contributed by atoms with van der Waals surface area (Å²) in [6, 6.07) is 0. The van der Waals surface area contributed by atoms with Crippen LogP contribution in [0.25, 0.3) is 0 Å². The van der Waals surface area contributed by atoms with Gasteiger partial charge in [-0.25, -0.2) is 0 Å². The number of allylic oxidation sites excluding steroid dienone is 2. The number of carbonyl (C=O) groups is 4. The Balaban J connectivity index is 3.03. The molecule has 5 atom stereocenters. The van der Waals surface area contributed by atoms with Crippen molar-refractivity contribution < 1.29 is 38.1 Å². The van der Waals surface area contributed by atoms with Gasteiger partial charge in [0.15, 0.2) is 0 Å². The van der Waals surface area contributed by atoms with Crippen LogP contribution in [0.1, 0.15) is 85.5 Å². The fraction of sp³-hybridized carbons (Fsp3) is 0.704. The maximum Gasteiger partial charge on any atom is 0.305 e. The summed E-state index contributed by atoms with van der Waals surface area (Å²) in [6.07, 6.45) is 13.2. The molecule has 0 N–H and O–H groups in total. The number of methoxy groups -OCH3 is 1. The maximum absolute atomic E-state index is 11.8. The summed E-state index contributed by atoms with van der Waals surface area (Å²) in [5.41, 5.74) is 0. The lowest BCUT2D eigenvalue weighted by Crippen LogP contribution is -2.25. The van der Waals surface area contributed by atoms with Crippen LogP contribution in [0.5, 0.6) is 0 Å². The van der Waals surface area contributed by atoms with Crippen LogP contribution in [-0.4, -0.2) is 49.3 Å². The smallest absolute Gasteiger partial charge is 0.305 e. The third-order valence-electron chi connectivity index (χ3n) is 6.01. The normalized spacial score (nSPS) is 22.8. The van der Waals surface area contributed by atoms with E-state index in [1.807, 2.05) is 24.3 Å². The van der Waals surface area contributed by atoms with E-state index in [9.17, 15) is 19.2 Å². The Morgan fingerprint density at radius 1 is 0.914 bits per heavy atom. The summed E-state index contributed by atoms with van der Waals surface area (Å²) in [4.78, 5) is 46.4. The molecule has 0 aromatic rings. The van der Waals surface area contributed by atoms with Gasteiger partial charge in [0.25, 0.3) is 0 Å². The van der Waals surface area contributed by atoms with E-state index in [4.69, 9.17) is 14.2 Å². The molecule has 0 spiro atoms. The van der Waals surface area contributed by atoms with Crippen LogP contribution in [0, 0.1) is 11.8 Å². The Hall–Kier alpha value is -2.64. The lowest BCUT2D eigenvalue weighted by Gasteiger charge is -2.23. The second kappa shape index (κ2) is 16.9. The molecule has 1 fully saturated rings. The number of carbonyl (C=O) groups excluding carboxylic acids is 4. The van der Waals surface area contributed by atoms with E-state index >= 15 is 0 Å². The number of rotatable bonds is 15. The van der Waals surface area contributed by atoms with E-state index in [1.165, 1.54) is 27.9 Å². The fourth-order valence-electron chi connectivity index (χ4n) is 4.44. The molecule has 0 aromatic heterocycles. The van der Waals surface area contributed by atoms with Crippen molar-refractivity contribution in [2.45, 2.75) is 104 Å². The molecule has 1 rings (SSSR count). The Kier molecular flexibility index (Phi) is 14.7. The lowest BCUT2D eigenvalue weighted by molar-refractivity contribution is -0.149. The molecule has 35 heavy (non-hydrogen) atoms. The Morgan fingerprint density at radius 2 is 1.60 bits per heavy atom. The molecule has 0 unspecified atom stereocenters. The monoisotopic (exact) mass is 494 g/mol. The highest BCUT2D eigenvalue weighted by Gasteiger charge is 2.45. The summed E-state index contributed by atoms with van der Waals surface area (Å²) in [5, 5.41) is 0. The van der Waals surface area contributed by atoms with Gasteiger partial charge >= 0.3 is 23.9 Å². The van der Waals surface area contributed by atoms with Crippen molar-refractivity contribution in [1.29, 1.82) is 0 Å². The minimum absolute atomic E-state index is 0.107. The standard InChI is InChI=1S/C27H42O8/c1-6-7-10-13-22(33-19(2)28)16-17-24-23(14-11-8-9-12-15-27(31)32-5)25(34-20(3)29)18-26(24)35-21(4)30/h8,11,16-17,22-26H,6-7,9-10,12-15,18H2,1-5H3/b11-8-,17-16+/t22-,23+,24+,25-,26+/m0/s1. The largest absolute Gasteiger partial charge is 0.469 e. The first kappa shape index (κ1) is 30.4. The van der Waals surface area contributed by atoms with Crippen LogP contribution in [0.3, 0.4) is 0 Å². The van der Waals surface area contributed by atoms with Gasteiger partial charge < -0.3 is 18.9 Å². The molecule has 0 amide bonds. The van der Waals surface area contributed by atoms with Gasteiger partial charge in [-0.3, -0.25) is 19.2 Å². The minimum Gasteiger partial charge on any atom is -0.469 e. The third-order valence-corrected chi connectivity index (χ3v) is 6.01. The number of esters is 4. The second-order valence-electron chi connectivity index (χ2n) is 8.98. The number of hydrogen-bond acceptors (Lipinski definition) is 8. The van der Waals surface area contributed by atoms with Crippen molar-refractivity contribution >= 4 is 23.9 Å². The highest BCUT2D eigenvalue weighted by atomic mass is 16.6. The minimum atomic E-state index is -0.445. The molecule has 0 bridgehead atoms. The quantitative estimate of drug-likeness (QED) is 0.138. The molecule has 1 saturated carbocycles. The second-order valence-corrected chi connectivity index (χ2v) is 8.98. The summed E-state index contributed by atoms with van der Waals surface area (Å²) < 4.78 is 21.3. The van der Waals surface area contributed by atoms with E-state index in [0.717, 1.165) is 25.7 Å². The van der Waals surface area contributed by atoms with Gasteiger partial charge in [-0.05, 0) is 38.2 Å². The predicted octanol–water partition coefficient (Wildman–Crippen LogP) is 4.84. The molecule has 1 aliphatic carbocycles. The zero-order chi connectivity index (χ0) is 26.2. The molecular formula is C27H42O8. The highest BCUT2D eigenvalue weighted by Crippen LogP contribution is 2.40. The average Bonchev–Trinajstić information content (AvgIpc) is 3.08. The van der Waals surface area contributed by atoms with Crippen LogP contribution in [0.4, 0.5) is 0 Å². The molecule has 0 saturated heterocycles. The molecule has 0 aromatic carbocycles. The van der Waals surface area contributed by atoms with Gasteiger partial charge in [0, 0.05) is 45.4 Å². The van der Waals surface area contributed by atoms with Gasteiger partial charge in [-0.15, -0.1) is 0 Å². The van der Waals surface area contributed by atoms with Crippen LogP contribution in [-0.2, 0) is 38.1 Å². The molecule has 0 heterocycles. The summed E-state index contributed by atoms with van der Waals surface area (Å²) >= 11 is 0. The van der Waals surface area contributed by atoms with Gasteiger partial charge in [-0.1, -0.05) is 38.0 Å². The van der Waals surface area contributed by atoms with Crippen molar-refractivity contribution in [2.24, 2.45) is 11.8 Å². The summed E-state index contributed by atoms with van der Waals surface area (Å²) in [6.45, 7) is 6.24. The first-order chi connectivity index (χ1) is 16.7. The molecular weight excluding hydrogens is 452 g/mol. The number of hydrogen-bond donors (Lipinski definition) is 0. The van der Waals surface area contributed by atoms with Crippen LogP contribution >= 0.6 is 0 Å². The van der Waals surface area contributed by atoms with E-state index < -0.39 is 18.2 Å². The fourth-order valence-corrected chi connectivity index (χ4v) is 4.44. The lowest BCUT2D eigenvalue weighted by atomic mass is 9.89. The predicted molar refractivity (Wildman–Crippen MR) is 131 cm³/mol.